The molecule has 0 atom stereocenters. The molecule has 0 bridgehead atoms. The lowest BCUT2D eigenvalue weighted by Gasteiger charge is -2.38. The first-order valence-electron chi connectivity index (χ1n) is 11.2. The zero-order chi connectivity index (χ0) is 25.2. The third-order valence-electron chi connectivity index (χ3n) is 6.38. The van der Waals surface area contributed by atoms with E-state index in [0.29, 0.717) is 32.5 Å². The molecule has 2 fully saturated rings. The number of rotatable bonds is 8. The van der Waals surface area contributed by atoms with Gasteiger partial charge in [-0.15, -0.1) is 13.2 Å². The number of halogens is 3. The van der Waals surface area contributed by atoms with Gasteiger partial charge in [-0.1, -0.05) is 12.1 Å². The molecule has 4 rings (SSSR count). The summed E-state index contributed by atoms with van der Waals surface area (Å²) in [5.74, 6) is -1.14. The van der Waals surface area contributed by atoms with E-state index >= 15 is 0 Å². The topological polar surface area (TPSA) is 107 Å². The van der Waals surface area contributed by atoms with E-state index in [0.717, 1.165) is 18.4 Å². The number of nitrogens with two attached hydrogens (primary N) is 1. The number of amides is 2. The molecular formula is C23H25F3N6O3. The third-order valence-corrected chi connectivity index (χ3v) is 6.38. The maximum atomic E-state index is 12.4. The fourth-order valence-electron chi connectivity index (χ4n) is 4.24. The summed E-state index contributed by atoms with van der Waals surface area (Å²) >= 11 is 0. The SMILES string of the molecule is [C-]#[N+]CC1(n2cc(C(N)=O)c(NC(=O)C3CC3)n2)CCN(Cc2ccc(OC(F)(F)F)cc2)CC1. The van der Waals surface area contributed by atoms with Crippen LogP contribution in [0.5, 0.6) is 5.75 Å². The van der Waals surface area contributed by atoms with Gasteiger partial charge in [0.15, 0.2) is 5.82 Å². The highest BCUT2D eigenvalue weighted by molar-refractivity contribution is 6.02. The van der Waals surface area contributed by atoms with Crippen LogP contribution >= 0.6 is 0 Å². The van der Waals surface area contributed by atoms with Gasteiger partial charge in [-0.2, -0.15) is 5.10 Å². The first-order valence-corrected chi connectivity index (χ1v) is 11.2. The summed E-state index contributed by atoms with van der Waals surface area (Å²) in [6.45, 7) is 9.33. The van der Waals surface area contributed by atoms with Gasteiger partial charge in [0.05, 0.1) is 0 Å². The predicted molar refractivity (Wildman–Crippen MR) is 119 cm³/mol. The van der Waals surface area contributed by atoms with Crippen LogP contribution in [0.4, 0.5) is 19.0 Å². The summed E-state index contributed by atoms with van der Waals surface area (Å²) in [5.41, 5.74) is 5.77. The summed E-state index contributed by atoms with van der Waals surface area (Å²) in [6, 6.07) is 5.73. The number of ether oxygens (including phenoxy) is 1. The van der Waals surface area contributed by atoms with Crippen molar-refractivity contribution < 1.29 is 27.5 Å². The lowest BCUT2D eigenvalue weighted by Crippen LogP contribution is -2.47. The molecule has 1 saturated heterocycles. The van der Waals surface area contributed by atoms with Gasteiger partial charge in [-0.3, -0.25) is 19.2 Å². The van der Waals surface area contributed by atoms with Gasteiger partial charge in [0.2, 0.25) is 12.5 Å². The Morgan fingerprint density at radius 2 is 1.89 bits per heavy atom. The molecule has 1 aliphatic heterocycles. The van der Waals surface area contributed by atoms with Crippen LogP contribution in [0, 0.1) is 12.5 Å². The minimum atomic E-state index is -4.73. The molecule has 3 N–H and O–H groups in total. The fraction of sp³-hybridized carbons (Fsp3) is 0.478. The van der Waals surface area contributed by atoms with Crippen molar-refractivity contribution in [3.05, 3.63) is 53.0 Å². The average Bonchev–Trinajstić information content (AvgIpc) is 3.56. The number of nitrogens with one attached hydrogen (secondary N) is 1. The first-order chi connectivity index (χ1) is 16.6. The molecule has 1 aromatic carbocycles. The summed E-state index contributed by atoms with van der Waals surface area (Å²) in [7, 11) is 0. The second-order valence-electron chi connectivity index (χ2n) is 8.97. The normalized spacial score (nSPS) is 18.0. The number of hydrogen-bond donors (Lipinski definition) is 2. The molecule has 0 radical (unpaired) electrons. The number of hydrogen-bond acceptors (Lipinski definition) is 5. The molecule has 2 heterocycles. The second kappa shape index (κ2) is 9.58. The number of anilines is 1. The Balaban J connectivity index is 1.45. The first kappa shape index (κ1) is 24.5. The highest BCUT2D eigenvalue weighted by atomic mass is 19.4. The van der Waals surface area contributed by atoms with Gasteiger partial charge in [0, 0.05) is 31.7 Å². The molecule has 9 nitrogen and oxygen atoms in total. The maximum Gasteiger partial charge on any atom is 0.573 e. The summed E-state index contributed by atoms with van der Waals surface area (Å²) in [4.78, 5) is 29.9. The van der Waals surface area contributed by atoms with E-state index in [-0.39, 0.29) is 35.5 Å². The van der Waals surface area contributed by atoms with Crippen molar-refractivity contribution in [1.29, 1.82) is 0 Å². The van der Waals surface area contributed by atoms with Gasteiger partial charge in [-0.05, 0) is 43.4 Å². The van der Waals surface area contributed by atoms with Crippen LogP contribution in [0.2, 0.25) is 0 Å². The Morgan fingerprint density at radius 3 is 2.43 bits per heavy atom. The van der Waals surface area contributed by atoms with Crippen LogP contribution in [-0.2, 0) is 16.9 Å². The number of primary amides is 1. The number of likely N-dealkylation sites (tertiary alicyclic amines) is 1. The largest absolute Gasteiger partial charge is 0.573 e. The predicted octanol–water partition coefficient (Wildman–Crippen LogP) is 3.14. The van der Waals surface area contributed by atoms with Crippen molar-refractivity contribution >= 4 is 17.6 Å². The number of benzene rings is 1. The second-order valence-corrected chi connectivity index (χ2v) is 8.97. The minimum absolute atomic E-state index is 0.0737. The van der Waals surface area contributed by atoms with Crippen molar-refractivity contribution in [1.82, 2.24) is 14.7 Å². The van der Waals surface area contributed by atoms with Gasteiger partial charge in [0.25, 0.3) is 5.91 Å². The van der Waals surface area contributed by atoms with Gasteiger partial charge in [-0.25, -0.2) is 6.57 Å². The Kier molecular flexibility index (Phi) is 6.71. The van der Waals surface area contributed by atoms with Crippen molar-refractivity contribution in [2.24, 2.45) is 11.7 Å². The Bertz CT molecular complexity index is 1130. The van der Waals surface area contributed by atoms with Crippen LogP contribution in [0.25, 0.3) is 4.85 Å². The van der Waals surface area contributed by atoms with E-state index in [1.165, 1.54) is 18.3 Å². The monoisotopic (exact) mass is 490 g/mol. The van der Waals surface area contributed by atoms with Crippen molar-refractivity contribution in [3.8, 4) is 5.75 Å². The zero-order valence-electron chi connectivity index (χ0n) is 18.8. The van der Waals surface area contributed by atoms with Gasteiger partial charge in [0.1, 0.15) is 16.9 Å². The van der Waals surface area contributed by atoms with E-state index in [1.54, 1.807) is 16.8 Å². The number of nitrogens with zero attached hydrogens (tertiary/aromatic N) is 4. The summed E-state index contributed by atoms with van der Waals surface area (Å²) < 4.78 is 42.6. The smallest absolute Gasteiger partial charge is 0.406 e. The molecule has 12 heteroatoms. The molecule has 0 spiro atoms. The lowest BCUT2D eigenvalue weighted by atomic mass is 9.87. The van der Waals surface area contributed by atoms with Crippen LogP contribution in [-0.4, -0.2) is 52.5 Å². The molecule has 2 amide bonds. The third kappa shape index (κ3) is 5.92. The standard InChI is InChI=1S/C23H25F3N6O3/c1-28-14-22(32-13-18(19(27)33)20(30-32)29-21(34)16-4-5-16)8-10-31(11-9-22)12-15-2-6-17(7-3-15)35-23(24,25)26/h2-3,6-7,13,16H,4-5,8-12,14H2,(H2,27,33)(H,29,30,34). The van der Waals surface area contributed by atoms with E-state index < -0.39 is 17.8 Å². The Morgan fingerprint density at radius 1 is 1.23 bits per heavy atom. The van der Waals surface area contributed by atoms with Crippen molar-refractivity contribution in [3.63, 3.8) is 0 Å². The van der Waals surface area contributed by atoms with E-state index in [9.17, 15) is 22.8 Å². The molecule has 1 saturated carbocycles. The van der Waals surface area contributed by atoms with Gasteiger partial charge < -0.3 is 20.6 Å². The van der Waals surface area contributed by atoms with Crippen LogP contribution < -0.4 is 15.8 Å². The van der Waals surface area contributed by atoms with E-state index in [1.807, 2.05) is 0 Å². The molecule has 2 aliphatic rings. The highest BCUT2D eigenvalue weighted by Gasteiger charge is 2.41. The summed E-state index contributed by atoms with van der Waals surface area (Å²) in [5, 5.41) is 7.15. The number of carbonyl (C=O) groups is 2. The van der Waals surface area contributed by atoms with E-state index in [4.69, 9.17) is 12.3 Å². The molecule has 186 valence electrons. The number of alkyl halides is 3. The molecule has 0 unspecified atom stereocenters. The molecule has 35 heavy (non-hydrogen) atoms. The molecule has 2 aromatic rings. The van der Waals surface area contributed by atoms with Crippen LogP contribution in [0.3, 0.4) is 0 Å². The number of carbonyl (C=O) groups excluding carboxylic acids is 2. The fourth-order valence-corrected chi connectivity index (χ4v) is 4.24. The highest BCUT2D eigenvalue weighted by Crippen LogP contribution is 2.34. The lowest BCUT2D eigenvalue weighted by molar-refractivity contribution is -0.274. The number of aromatic nitrogens is 2. The van der Waals surface area contributed by atoms with Crippen LogP contribution in [0.1, 0.15) is 41.6 Å². The number of piperidine rings is 1. The molecular weight excluding hydrogens is 465 g/mol. The quantitative estimate of drug-likeness (QED) is 0.553. The van der Waals surface area contributed by atoms with E-state index in [2.05, 4.69) is 24.9 Å². The molecule has 1 aromatic heterocycles. The van der Waals surface area contributed by atoms with Crippen molar-refractivity contribution in [2.45, 2.75) is 44.1 Å². The Labute approximate surface area is 199 Å². The minimum Gasteiger partial charge on any atom is -0.406 e. The summed E-state index contributed by atoms with van der Waals surface area (Å²) in [6.07, 6.45) is -0.518. The van der Waals surface area contributed by atoms with Gasteiger partial charge >= 0.3 is 6.36 Å². The average molecular weight is 490 g/mol. The zero-order valence-corrected chi connectivity index (χ0v) is 18.8. The maximum absolute atomic E-state index is 12.4. The Hall–Kier alpha value is -3.59. The van der Waals surface area contributed by atoms with Crippen LogP contribution in [0.15, 0.2) is 30.5 Å². The molecule has 1 aliphatic carbocycles. The van der Waals surface area contributed by atoms with Crippen molar-refractivity contribution in [2.75, 3.05) is 25.0 Å².